The van der Waals surface area contributed by atoms with Gasteiger partial charge in [-0.25, -0.2) is 4.79 Å². The van der Waals surface area contributed by atoms with Gasteiger partial charge < -0.3 is 18.9 Å². The van der Waals surface area contributed by atoms with Crippen LogP contribution in [0.3, 0.4) is 0 Å². The standard InChI is InChI=1S/C24H26N2O4/c1-29-24(28)19-8-4-6-18(16-19)7-5-11-26-17-21(20-9-2-3-10-22(20)26)23(27)25-12-14-30-15-13-25/h2-4,6,8-10,16-17H,5,7,11-15H2,1H3. The Morgan fingerprint density at radius 1 is 1.07 bits per heavy atom. The highest BCUT2D eigenvalue weighted by Crippen LogP contribution is 2.24. The first-order valence-corrected chi connectivity index (χ1v) is 10.3. The van der Waals surface area contributed by atoms with Crippen LogP contribution in [0.2, 0.25) is 0 Å². The number of para-hydroxylation sites is 1. The molecule has 0 N–H and O–H groups in total. The van der Waals surface area contributed by atoms with E-state index in [-0.39, 0.29) is 11.9 Å². The van der Waals surface area contributed by atoms with E-state index in [9.17, 15) is 9.59 Å². The number of esters is 1. The lowest BCUT2D eigenvalue weighted by molar-refractivity contribution is 0.0304. The lowest BCUT2D eigenvalue weighted by Crippen LogP contribution is -2.40. The molecule has 1 amide bonds. The largest absolute Gasteiger partial charge is 0.465 e. The summed E-state index contributed by atoms with van der Waals surface area (Å²) in [5.41, 5.74) is 3.48. The zero-order valence-corrected chi connectivity index (χ0v) is 17.2. The number of carbonyl (C=O) groups excluding carboxylic acids is 2. The predicted molar refractivity (Wildman–Crippen MR) is 115 cm³/mol. The van der Waals surface area contributed by atoms with E-state index >= 15 is 0 Å². The molecule has 0 saturated carbocycles. The van der Waals surface area contributed by atoms with Crippen molar-refractivity contribution >= 4 is 22.8 Å². The van der Waals surface area contributed by atoms with E-state index in [1.54, 1.807) is 6.07 Å². The molecule has 6 heteroatoms. The van der Waals surface area contributed by atoms with Gasteiger partial charge in [-0.2, -0.15) is 0 Å². The second kappa shape index (κ2) is 9.13. The number of aryl methyl sites for hydroxylation is 2. The van der Waals surface area contributed by atoms with Gasteiger partial charge >= 0.3 is 5.97 Å². The summed E-state index contributed by atoms with van der Waals surface area (Å²) in [5, 5.41) is 0.988. The van der Waals surface area contributed by atoms with Crippen LogP contribution in [0.1, 0.15) is 32.7 Å². The lowest BCUT2D eigenvalue weighted by atomic mass is 10.1. The molecule has 2 heterocycles. The van der Waals surface area contributed by atoms with Gasteiger partial charge in [-0.05, 0) is 36.6 Å². The van der Waals surface area contributed by atoms with E-state index in [2.05, 4.69) is 10.6 Å². The maximum atomic E-state index is 13.1. The molecule has 156 valence electrons. The fraction of sp³-hybridized carbons (Fsp3) is 0.333. The quantitative estimate of drug-likeness (QED) is 0.588. The minimum absolute atomic E-state index is 0.0685. The van der Waals surface area contributed by atoms with Crippen LogP contribution >= 0.6 is 0 Å². The number of fused-ring (bicyclic) bond motifs is 1. The van der Waals surface area contributed by atoms with E-state index in [1.165, 1.54) is 7.11 Å². The van der Waals surface area contributed by atoms with Crippen LogP contribution in [0.15, 0.2) is 54.7 Å². The summed E-state index contributed by atoms with van der Waals surface area (Å²) < 4.78 is 12.3. The molecule has 1 aliphatic heterocycles. The molecule has 1 aliphatic rings. The van der Waals surface area contributed by atoms with Crippen molar-refractivity contribution in [2.75, 3.05) is 33.4 Å². The van der Waals surface area contributed by atoms with Crippen LogP contribution in [0.25, 0.3) is 10.9 Å². The highest BCUT2D eigenvalue weighted by atomic mass is 16.5. The maximum Gasteiger partial charge on any atom is 0.337 e. The fourth-order valence-corrected chi connectivity index (χ4v) is 3.96. The minimum Gasteiger partial charge on any atom is -0.465 e. The highest BCUT2D eigenvalue weighted by Gasteiger charge is 2.22. The van der Waals surface area contributed by atoms with Gasteiger partial charge in [0.2, 0.25) is 0 Å². The summed E-state index contributed by atoms with van der Waals surface area (Å²) >= 11 is 0. The number of ether oxygens (including phenoxy) is 2. The number of carbonyl (C=O) groups is 2. The van der Waals surface area contributed by atoms with Gasteiger partial charge in [0.05, 0.1) is 31.5 Å². The monoisotopic (exact) mass is 406 g/mol. The van der Waals surface area contributed by atoms with Crippen molar-refractivity contribution in [1.29, 1.82) is 0 Å². The van der Waals surface area contributed by atoms with Crippen molar-refractivity contribution in [2.24, 2.45) is 0 Å². The van der Waals surface area contributed by atoms with Crippen molar-refractivity contribution < 1.29 is 19.1 Å². The first-order chi connectivity index (χ1) is 14.7. The van der Waals surface area contributed by atoms with Crippen LogP contribution in [0.4, 0.5) is 0 Å². The number of hydrogen-bond donors (Lipinski definition) is 0. The first kappa shape index (κ1) is 20.2. The number of aromatic nitrogens is 1. The Hall–Kier alpha value is -3.12. The molecule has 2 aromatic carbocycles. The van der Waals surface area contributed by atoms with Crippen LogP contribution in [-0.2, 0) is 22.4 Å². The predicted octanol–water partition coefficient (Wildman–Crippen LogP) is 3.53. The summed E-state index contributed by atoms with van der Waals surface area (Å²) in [5.74, 6) is -0.251. The highest BCUT2D eigenvalue weighted by molar-refractivity contribution is 6.07. The number of nitrogens with zero attached hydrogens (tertiary/aromatic N) is 2. The summed E-state index contributed by atoms with van der Waals surface area (Å²) in [4.78, 5) is 26.7. The Morgan fingerprint density at radius 3 is 2.67 bits per heavy atom. The van der Waals surface area contributed by atoms with Gasteiger partial charge in [0, 0.05) is 36.7 Å². The molecule has 6 nitrogen and oxygen atoms in total. The third-order valence-electron chi connectivity index (χ3n) is 5.53. The molecule has 1 aromatic heterocycles. The summed E-state index contributed by atoms with van der Waals surface area (Å²) in [6.07, 6.45) is 3.71. The first-order valence-electron chi connectivity index (χ1n) is 10.3. The van der Waals surface area contributed by atoms with Gasteiger partial charge in [-0.1, -0.05) is 30.3 Å². The molecule has 4 rings (SSSR count). The number of rotatable bonds is 6. The van der Waals surface area contributed by atoms with Crippen molar-refractivity contribution in [1.82, 2.24) is 9.47 Å². The molecular formula is C24H26N2O4. The van der Waals surface area contributed by atoms with Crippen molar-refractivity contribution in [2.45, 2.75) is 19.4 Å². The molecule has 0 bridgehead atoms. The van der Waals surface area contributed by atoms with Crippen LogP contribution in [0.5, 0.6) is 0 Å². The Bertz CT molecular complexity index is 1050. The molecule has 0 spiro atoms. The second-order valence-electron chi connectivity index (χ2n) is 7.45. The Morgan fingerprint density at radius 2 is 1.87 bits per heavy atom. The average molecular weight is 406 g/mol. The molecular weight excluding hydrogens is 380 g/mol. The smallest absolute Gasteiger partial charge is 0.337 e. The zero-order valence-electron chi connectivity index (χ0n) is 17.2. The number of methoxy groups -OCH3 is 1. The van der Waals surface area contributed by atoms with Crippen LogP contribution in [-0.4, -0.2) is 54.8 Å². The van der Waals surface area contributed by atoms with Crippen molar-refractivity contribution in [3.63, 3.8) is 0 Å². The summed E-state index contributed by atoms with van der Waals surface area (Å²) in [7, 11) is 1.39. The molecule has 30 heavy (non-hydrogen) atoms. The van der Waals surface area contributed by atoms with Gasteiger partial charge in [-0.3, -0.25) is 4.79 Å². The molecule has 3 aromatic rings. The molecule has 1 saturated heterocycles. The number of benzene rings is 2. The molecule has 0 unspecified atom stereocenters. The van der Waals surface area contributed by atoms with Gasteiger partial charge in [0.1, 0.15) is 0 Å². The Kier molecular flexibility index (Phi) is 6.14. The van der Waals surface area contributed by atoms with Gasteiger partial charge in [0.25, 0.3) is 5.91 Å². The SMILES string of the molecule is COC(=O)c1cccc(CCCn2cc(C(=O)N3CCOCC3)c3ccccc32)c1. The molecule has 0 radical (unpaired) electrons. The third-order valence-corrected chi connectivity index (χ3v) is 5.53. The average Bonchev–Trinajstić information content (AvgIpc) is 3.17. The van der Waals surface area contributed by atoms with Gasteiger partial charge in [0.15, 0.2) is 0 Å². The van der Waals surface area contributed by atoms with E-state index in [1.807, 2.05) is 47.5 Å². The Labute approximate surface area is 176 Å². The second-order valence-corrected chi connectivity index (χ2v) is 7.45. The van der Waals surface area contributed by atoms with Crippen molar-refractivity contribution in [3.8, 4) is 0 Å². The van der Waals surface area contributed by atoms with Crippen molar-refractivity contribution in [3.05, 3.63) is 71.4 Å². The van der Waals surface area contributed by atoms with Gasteiger partial charge in [-0.15, -0.1) is 0 Å². The topological polar surface area (TPSA) is 60.8 Å². The van der Waals surface area contributed by atoms with E-state index < -0.39 is 0 Å². The van der Waals surface area contributed by atoms with E-state index in [0.29, 0.717) is 31.9 Å². The van der Waals surface area contributed by atoms with Crippen LogP contribution < -0.4 is 0 Å². The van der Waals surface area contributed by atoms with E-state index in [0.717, 1.165) is 41.4 Å². The summed E-state index contributed by atoms with van der Waals surface area (Å²) in [6.45, 7) is 3.24. The number of hydrogen-bond acceptors (Lipinski definition) is 4. The number of morpholine rings is 1. The zero-order chi connectivity index (χ0) is 20.9. The normalized spacial score (nSPS) is 14.1. The van der Waals surface area contributed by atoms with Crippen LogP contribution in [0, 0.1) is 0 Å². The third kappa shape index (κ3) is 4.24. The molecule has 1 fully saturated rings. The number of amides is 1. The Balaban J connectivity index is 1.49. The molecule has 0 atom stereocenters. The minimum atomic E-state index is -0.320. The lowest BCUT2D eigenvalue weighted by Gasteiger charge is -2.26. The maximum absolute atomic E-state index is 13.1. The van der Waals surface area contributed by atoms with E-state index in [4.69, 9.17) is 9.47 Å². The molecule has 0 aliphatic carbocycles. The fourth-order valence-electron chi connectivity index (χ4n) is 3.96. The summed E-state index contributed by atoms with van der Waals surface area (Å²) in [6, 6.07) is 15.6.